The number of imidazole rings is 1. The molecule has 2 aromatic heterocycles. The molecule has 2 aromatic carbocycles. The largest absolute Gasteiger partial charge is 0.495 e. The Kier molecular flexibility index (Phi) is 4.62. The first-order chi connectivity index (χ1) is 15.1. The number of methoxy groups -OCH3 is 1. The number of para-hydroxylation sites is 2. The van der Waals surface area contributed by atoms with Gasteiger partial charge in [-0.3, -0.25) is 13.9 Å². The Labute approximate surface area is 178 Å². The molecule has 0 spiro atoms. The van der Waals surface area contributed by atoms with Gasteiger partial charge in [0.2, 0.25) is 5.95 Å². The Morgan fingerprint density at radius 2 is 1.74 bits per heavy atom. The molecule has 0 bridgehead atoms. The zero-order valence-electron chi connectivity index (χ0n) is 17.5. The molecule has 31 heavy (non-hydrogen) atoms. The summed E-state index contributed by atoms with van der Waals surface area (Å²) in [7, 11) is 3.30. The van der Waals surface area contributed by atoms with Crippen molar-refractivity contribution in [3.63, 3.8) is 0 Å². The van der Waals surface area contributed by atoms with Crippen molar-refractivity contribution in [1.82, 2.24) is 18.7 Å². The zero-order valence-corrected chi connectivity index (χ0v) is 17.5. The van der Waals surface area contributed by atoms with Crippen molar-refractivity contribution in [2.75, 3.05) is 18.6 Å². The van der Waals surface area contributed by atoms with Crippen LogP contribution in [0.25, 0.3) is 11.2 Å². The lowest BCUT2D eigenvalue weighted by Crippen LogP contribution is -2.40. The number of aryl methyl sites for hydroxylation is 2. The molecule has 0 fully saturated rings. The molecule has 0 unspecified atom stereocenters. The minimum absolute atomic E-state index is 0.221. The van der Waals surface area contributed by atoms with Gasteiger partial charge in [0.05, 0.1) is 19.3 Å². The number of hydrogen-bond donors (Lipinski definition) is 0. The monoisotopic (exact) mass is 417 g/mol. The third-order valence-electron chi connectivity index (χ3n) is 5.78. The van der Waals surface area contributed by atoms with Crippen molar-refractivity contribution in [1.29, 1.82) is 0 Å². The van der Waals surface area contributed by atoms with Crippen LogP contribution in [0.1, 0.15) is 12.0 Å². The highest BCUT2D eigenvalue weighted by Crippen LogP contribution is 2.36. The van der Waals surface area contributed by atoms with Crippen molar-refractivity contribution in [3.8, 4) is 5.75 Å². The van der Waals surface area contributed by atoms with Gasteiger partial charge in [0.15, 0.2) is 11.2 Å². The third-order valence-corrected chi connectivity index (χ3v) is 5.78. The van der Waals surface area contributed by atoms with Crippen LogP contribution in [0.2, 0.25) is 0 Å². The van der Waals surface area contributed by atoms with Crippen LogP contribution in [-0.4, -0.2) is 32.3 Å². The summed E-state index contributed by atoms with van der Waals surface area (Å²) in [5, 5.41) is 0. The van der Waals surface area contributed by atoms with Gasteiger partial charge >= 0.3 is 5.69 Å². The highest BCUT2D eigenvalue weighted by molar-refractivity contribution is 5.78. The fraction of sp³-hybridized carbons (Fsp3) is 0.261. The highest BCUT2D eigenvalue weighted by atomic mass is 16.5. The molecule has 0 saturated heterocycles. The van der Waals surface area contributed by atoms with Gasteiger partial charge in [0, 0.05) is 20.1 Å². The maximum atomic E-state index is 13.5. The van der Waals surface area contributed by atoms with E-state index in [1.54, 1.807) is 14.2 Å². The zero-order chi connectivity index (χ0) is 21.5. The van der Waals surface area contributed by atoms with Gasteiger partial charge in [0.1, 0.15) is 5.75 Å². The highest BCUT2D eigenvalue weighted by Gasteiger charge is 2.28. The summed E-state index contributed by atoms with van der Waals surface area (Å²) in [6, 6.07) is 17.3. The summed E-state index contributed by atoms with van der Waals surface area (Å²) < 4.78 is 10.2. The molecule has 1 aliphatic heterocycles. The summed E-state index contributed by atoms with van der Waals surface area (Å²) in [5.74, 6) is 1.38. The molecule has 0 N–H and O–H groups in total. The van der Waals surface area contributed by atoms with Crippen LogP contribution in [0.3, 0.4) is 0 Å². The molecule has 3 heterocycles. The van der Waals surface area contributed by atoms with Gasteiger partial charge in [-0.05, 0) is 24.1 Å². The standard InChI is InChI=1S/C23H23N5O3/c1-25-20-19(21(29)28(23(25)30)15-16-9-4-3-5-10-16)27-14-8-13-26(22(27)24-20)17-11-6-7-12-18(17)31-2/h3-7,9-12H,8,13-15H2,1-2H3. The van der Waals surface area contributed by atoms with Crippen LogP contribution in [-0.2, 0) is 20.1 Å². The van der Waals surface area contributed by atoms with Crippen molar-refractivity contribution in [2.24, 2.45) is 7.05 Å². The molecule has 8 nitrogen and oxygen atoms in total. The Balaban J connectivity index is 1.72. The van der Waals surface area contributed by atoms with E-state index >= 15 is 0 Å². The van der Waals surface area contributed by atoms with Crippen molar-refractivity contribution in [3.05, 3.63) is 81.0 Å². The number of fused-ring (bicyclic) bond motifs is 3. The topological polar surface area (TPSA) is 74.3 Å². The second kappa shape index (κ2) is 7.46. The summed E-state index contributed by atoms with van der Waals surface area (Å²) in [6.07, 6.45) is 0.845. The molecule has 0 aliphatic carbocycles. The number of hydrogen-bond acceptors (Lipinski definition) is 5. The molecule has 0 atom stereocenters. The number of rotatable bonds is 4. The van der Waals surface area contributed by atoms with E-state index in [-0.39, 0.29) is 17.8 Å². The number of aromatic nitrogens is 4. The SMILES string of the molecule is COc1ccccc1N1CCCn2c1nc1c2c(=O)n(Cc2ccccc2)c(=O)n1C. The first kappa shape index (κ1) is 19.2. The maximum Gasteiger partial charge on any atom is 0.332 e. The van der Waals surface area contributed by atoms with Gasteiger partial charge in [-0.15, -0.1) is 0 Å². The average molecular weight is 417 g/mol. The van der Waals surface area contributed by atoms with E-state index in [0.717, 1.165) is 30.0 Å². The molecular weight excluding hydrogens is 394 g/mol. The van der Waals surface area contributed by atoms with E-state index in [2.05, 4.69) is 0 Å². The van der Waals surface area contributed by atoms with Crippen LogP contribution < -0.4 is 20.9 Å². The van der Waals surface area contributed by atoms with Crippen molar-refractivity contribution >= 4 is 22.8 Å². The number of benzene rings is 2. The van der Waals surface area contributed by atoms with Crippen LogP contribution in [0.4, 0.5) is 11.6 Å². The molecule has 0 saturated carbocycles. The Bertz CT molecular complexity index is 1380. The van der Waals surface area contributed by atoms with Crippen LogP contribution in [0, 0.1) is 0 Å². The molecule has 1 aliphatic rings. The summed E-state index contributed by atoms with van der Waals surface area (Å²) in [5.41, 5.74) is 1.94. The van der Waals surface area contributed by atoms with E-state index in [0.29, 0.717) is 23.7 Å². The van der Waals surface area contributed by atoms with E-state index in [1.807, 2.05) is 64.1 Å². The predicted octanol–water partition coefficient (Wildman–Crippen LogP) is 2.50. The van der Waals surface area contributed by atoms with Crippen LogP contribution >= 0.6 is 0 Å². The van der Waals surface area contributed by atoms with E-state index in [4.69, 9.17) is 9.72 Å². The summed E-state index contributed by atoms with van der Waals surface area (Å²) in [6.45, 7) is 1.63. The predicted molar refractivity (Wildman–Crippen MR) is 119 cm³/mol. The van der Waals surface area contributed by atoms with Crippen molar-refractivity contribution < 1.29 is 4.74 Å². The minimum atomic E-state index is -0.374. The van der Waals surface area contributed by atoms with Crippen LogP contribution in [0.15, 0.2) is 64.2 Å². The van der Waals surface area contributed by atoms with Crippen molar-refractivity contribution in [2.45, 2.75) is 19.5 Å². The Hall–Kier alpha value is -3.81. The van der Waals surface area contributed by atoms with E-state index in [9.17, 15) is 9.59 Å². The summed E-state index contributed by atoms with van der Waals surface area (Å²) in [4.78, 5) is 33.3. The number of anilines is 2. The number of nitrogens with zero attached hydrogens (tertiary/aromatic N) is 5. The second-order valence-corrected chi connectivity index (χ2v) is 7.63. The maximum absolute atomic E-state index is 13.5. The first-order valence-corrected chi connectivity index (χ1v) is 10.2. The molecule has 0 radical (unpaired) electrons. The Morgan fingerprint density at radius 1 is 1.00 bits per heavy atom. The fourth-order valence-electron chi connectivity index (χ4n) is 4.25. The van der Waals surface area contributed by atoms with Gasteiger partial charge < -0.3 is 14.2 Å². The minimum Gasteiger partial charge on any atom is -0.495 e. The van der Waals surface area contributed by atoms with Gasteiger partial charge in [0.25, 0.3) is 5.56 Å². The molecule has 5 rings (SSSR count). The van der Waals surface area contributed by atoms with Gasteiger partial charge in [-0.2, -0.15) is 4.98 Å². The third kappa shape index (κ3) is 3.02. The lowest BCUT2D eigenvalue weighted by atomic mass is 10.2. The molecular formula is C23H23N5O3. The molecule has 8 heteroatoms. The van der Waals surface area contributed by atoms with Crippen LogP contribution in [0.5, 0.6) is 5.75 Å². The first-order valence-electron chi connectivity index (χ1n) is 10.2. The Morgan fingerprint density at radius 3 is 2.52 bits per heavy atom. The normalized spacial score (nSPS) is 13.4. The van der Waals surface area contributed by atoms with Gasteiger partial charge in [-0.25, -0.2) is 4.79 Å². The fourth-order valence-corrected chi connectivity index (χ4v) is 4.25. The summed E-state index contributed by atoms with van der Waals surface area (Å²) >= 11 is 0. The number of ether oxygens (including phenoxy) is 1. The van der Waals surface area contributed by atoms with E-state index < -0.39 is 0 Å². The van der Waals surface area contributed by atoms with Gasteiger partial charge in [-0.1, -0.05) is 42.5 Å². The lowest BCUT2D eigenvalue weighted by molar-refractivity contribution is 0.414. The molecule has 4 aromatic rings. The lowest BCUT2D eigenvalue weighted by Gasteiger charge is -2.30. The molecule has 158 valence electrons. The molecule has 0 amide bonds. The smallest absolute Gasteiger partial charge is 0.332 e. The second-order valence-electron chi connectivity index (χ2n) is 7.63. The van der Waals surface area contributed by atoms with E-state index in [1.165, 1.54) is 9.13 Å². The quantitative estimate of drug-likeness (QED) is 0.510. The average Bonchev–Trinajstić information content (AvgIpc) is 3.21.